The van der Waals surface area contributed by atoms with Gasteiger partial charge in [-0.15, -0.1) is 0 Å². The second kappa shape index (κ2) is 10.5. The van der Waals surface area contributed by atoms with Gasteiger partial charge in [0.05, 0.1) is 12.0 Å². The molecule has 0 unspecified atom stereocenters. The third-order valence-corrected chi connectivity index (χ3v) is 8.16. The minimum atomic E-state index is -0.405. The molecule has 0 saturated carbocycles. The molecule has 3 aliphatic rings. The quantitative estimate of drug-likeness (QED) is 0.570. The molecule has 2 atom stereocenters. The van der Waals surface area contributed by atoms with E-state index in [1.807, 2.05) is 41.3 Å². The van der Waals surface area contributed by atoms with Crippen LogP contribution in [0.1, 0.15) is 44.6 Å². The molecule has 0 aliphatic carbocycles. The van der Waals surface area contributed by atoms with Crippen molar-refractivity contribution in [1.29, 1.82) is 0 Å². The molecule has 190 valence electrons. The van der Waals surface area contributed by atoms with Crippen LogP contribution in [0, 0.1) is 0 Å². The van der Waals surface area contributed by atoms with Crippen molar-refractivity contribution in [2.75, 3.05) is 45.8 Å². The Kier molecular flexibility index (Phi) is 6.77. The smallest absolute Gasteiger partial charge is 0.254 e. The maximum absolute atomic E-state index is 13.8. The molecule has 3 heterocycles. The second-order valence-corrected chi connectivity index (χ2v) is 10.4. The topological polar surface area (TPSA) is 55.9 Å². The molecule has 0 bridgehead atoms. The lowest BCUT2D eigenvalue weighted by atomic mass is 9.76. The van der Waals surface area contributed by atoms with Crippen LogP contribution in [-0.4, -0.2) is 72.3 Å². The molecular weight excluding hydrogens is 460 g/mol. The highest BCUT2D eigenvalue weighted by Gasteiger charge is 2.46. The summed E-state index contributed by atoms with van der Waals surface area (Å²) in [6, 6.07) is 26.3. The molecule has 37 heavy (non-hydrogen) atoms. The molecule has 0 radical (unpaired) electrons. The summed E-state index contributed by atoms with van der Waals surface area (Å²) in [5, 5.41) is 3.24. The Balaban J connectivity index is 1.11. The SMILES string of the molecule is O=C(NCCN1CCN(Cc2ccccc2)CC1)[C@H]1c2ccccc2C(=O)N2CCc3ccccc3[C@H]12. The van der Waals surface area contributed by atoms with Crippen molar-refractivity contribution in [2.24, 2.45) is 0 Å². The van der Waals surface area contributed by atoms with Gasteiger partial charge in [0.25, 0.3) is 5.91 Å². The lowest BCUT2D eigenvalue weighted by molar-refractivity contribution is -0.124. The van der Waals surface area contributed by atoms with Gasteiger partial charge in [-0.2, -0.15) is 0 Å². The highest BCUT2D eigenvalue weighted by Crippen LogP contribution is 2.45. The molecule has 2 amide bonds. The second-order valence-electron chi connectivity index (χ2n) is 10.4. The summed E-state index contributed by atoms with van der Waals surface area (Å²) >= 11 is 0. The number of nitrogens with zero attached hydrogens (tertiary/aromatic N) is 3. The van der Waals surface area contributed by atoms with E-state index >= 15 is 0 Å². The molecule has 6 rings (SSSR count). The molecule has 1 saturated heterocycles. The van der Waals surface area contributed by atoms with Crippen LogP contribution in [-0.2, 0) is 17.8 Å². The molecular formula is C31H34N4O2. The van der Waals surface area contributed by atoms with E-state index in [4.69, 9.17) is 0 Å². The van der Waals surface area contributed by atoms with Crippen LogP contribution in [0.15, 0.2) is 78.9 Å². The highest BCUT2D eigenvalue weighted by molar-refractivity contribution is 6.01. The first kappa shape index (κ1) is 23.9. The number of rotatable bonds is 6. The Hall–Kier alpha value is -3.48. The Labute approximate surface area is 218 Å². The number of benzene rings is 3. The van der Waals surface area contributed by atoms with Crippen molar-refractivity contribution in [2.45, 2.75) is 24.9 Å². The predicted octanol–water partition coefficient (Wildman–Crippen LogP) is 3.46. The fourth-order valence-electron chi connectivity index (χ4n) is 6.22. The summed E-state index contributed by atoms with van der Waals surface area (Å²) in [6.07, 6.45) is 0.825. The zero-order valence-electron chi connectivity index (χ0n) is 21.2. The van der Waals surface area contributed by atoms with Crippen LogP contribution in [0.5, 0.6) is 0 Å². The molecule has 0 spiro atoms. The first-order valence-corrected chi connectivity index (χ1v) is 13.4. The third kappa shape index (κ3) is 4.79. The van der Waals surface area contributed by atoms with Crippen LogP contribution in [0.25, 0.3) is 0 Å². The van der Waals surface area contributed by atoms with Gasteiger partial charge in [0.15, 0.2) is 0 Å². The van der Waals surface area contributed by atoms with E-state index in [1.165, 1.54) is 11.1 Å². The number of piperazine rings is 1. The number of nitrogens with one attached hydrogen (secondary N) is 1. The Morgan fingerprint density at radius 1 is 0.784 bits per heavy atom. The Morgan fingerprint density at radius 2 is 1.46 bits per heavy atom. The van der Waals surface area contributed by atoms with E-state index in [9.17, 15) is 9.59 Å². The van der Waals surface area contributed by atoms with Crippen molar-refractivity contribution >= 4 is 11.8 Å². The molecule has 3 aliphatic heterocycles. The zero-order chi connectivity index (χ0) is 25.2. The van der Waals surface area contributed by atoms with E-state index in [0.717, 1.165) is 56.8 Å². The van der Waals surface area contributed by atoms with E-state index in [0.29, 0.717) is 18.7 Å². The standard InChI is InChI=1S/C31H34N4O2/c36-30(32-15-17-33-18-20-34(21-19-33)22-23-8-2-1-3-9-23)28-26-12-6-7-13-27(26)31(37)35-16-14-24-10-4-5-11-25(24)29(28)35/h1-13,28-29H,14-22H2,(H,32,36)/t28-,29+/m0/s1. The maximum Gasteiger partial charge on any atom is 0.254 e. The third-order valence-electron chi connectivity index (χ3n) is 8.16. The van der Waals surface area contributed by atoms with Crippen LogP contribution in [0.3, 0.4) is 0 Å². The molecule has 1 fully saturated rings. The summed E-state index contributed by atoms with van der Waals surface area (Å²) in [5.41, 5.74) is 5.20. The first-order chi connectivity index (χ1) is 18.2. The van der Waals surface area contributed by atoms with Crippen LogP contribution in [0.2, 0.25) is 0 Å². The average molecular weight is 495 g/mol. The van der Waals surface area contributed by atoms with Crippen LogP contribution in [0.4, 0.5) is 0 Å². The van der Waals surface area contributed by atoms with Crippen molar-refractivity contribution in [1.82, 2.24) is 20.0 Å². The number of hydrogen-bond acceptors (Lipinski definition) is 4. The van der Waals surface area contributed by atoms with Crippen molar-refractivity contribution in [3.05, 3.63) is 107 Å². The maximum atomic E-state index is 13.8. The number of carbonyl (C=O) groups is 2. The van der Waals surface area contributed by atoms with Crippen molar-refractivity contribution < 1.29 is 9.59 Å². The summed E-state index contributed by atoms with van der Waals surface area (Å²) in [5.74, 6) is -0.361. The predicted molar refractivity (Wildman–Crippen MR) is 144 cm³/mol. The van der Waals surface area contributed by atoms with Gasteiger partial charge in [-0.3, -0.25) is 19.4 Å². The minimum absolute atomic E-state index is 0.00867. The molecule has 1 N–H and O–H groups in total. The first-order valence-electron chi connectivity index (χ1n) is 13.4. The van der Waals surface area contributed by atoms with Crippen molar-refractivity contribution in [3.8, 4) is 0 Å². The lowest BCUT2D eigenvalue weighted by Gasteiger charge is -2.45. The number of hydrogen-bond donors (Lipinski definition) is 1. The van der Waals surface area contributed by atoms with Crippen LogP contribution < -0.4 is 5.32 Å². The van der Waals surface area contributed by atoms with Gasteiger partial charge in [-0.25, -0.2) is 0 Å². The highest BCUT2D eigenvalue weighted by atomic mass is 16.2. The molecule has 0 aromatic heterocycles. The minimum Gasteiger partial charge on any atom is -0.354 e. The van der Waals surface area contributed by atoms with E-state index in [2.05, 4.69) is 57.6 Å². The van der Waals surface area contributed by atoms with Crippen LogP contribution >= 0.6 is 0 Å². The fraction of sp³-hybridized carbons (Fsp3) is 0.355. The lowest BCUT2D eigenvalue weighted by Crippen LogP contribution is -2.51. The van der Waals surface area contributed by atoms with Crippen molar-refractivity contribution in [3.63, 3.8) is 0 Å². The van der Waals surface area contributed by atoms with Gasteiger partial charge in [0, 0.05) is 57.9 Å². The van der Waals surface area contributed by atoms with Gasteiger partial charge < -0.3 is 10.2 Å². The Bertz CT molecular complexity index is 1270. The zero-order valence-corrected chi connectivity index (χ0v) is 21.2. The summed E-state index contributed by atoms with van der Waals surface area (Å²) in [4.78, 5) is 34.0. The number of carbonyl (C=O) groups excluding carboxylic acids is 2. The molecule has 6 nitrogen and oxygen atoms in total. The molecule has 6 heteroatoms. The average Bonchev–Trinajstić information content (AvgIpc) is 2.94. The summed E-state index contributed by atoms with van der Waals surface area (Å²) in [7, 11) is 0. The van der Waals surface area contributed by atoms with Gasteiger partial charge in [-0.05, 0) is 34.7 Å². The Morgan fingerprint density at radius 3 is 2.27 bits per heavy atom. The monoisotopic (exact) mass is 494 g/mol. The van der Waals surface area contributed by atoms with Gasteiger partial charge in [0.1, 0.15) is 0 Å². The van der Waals surface area contributed by atoms with E-state index in [1.54, 1.807) is 0 Å². The summed E-state index contributed by atoms with van der Waals surface area (Å²) < 4.78 is 0. The van der Waals surface area contributed by atoms with E-state index < -0.39 is 5.92 Å². The summed E-state index contributed by atoms with van der Waals surface area (Å²) in [6.45, 7) is 7.17. The normalized spacial score (nSPS) is 21.6. The number of amides is 2. The molecule has 3 aromatic rings. The fourth-order valence-corrected chi connectivity index (χ4v) is 6.22. The van der Waals surface area contributed by atoms with Gasteiger partial charge >= 0.3 is 0 Å². The van der Waals surface area contributed by atoms with E-state index in [-0.39, 0.29) is 17.9 Å². The number of fused-ring (bicyclic) bond motifs is 4. The largest absolute Gasteiger partial charge is 0.354 e. The molecule has 3 aromatic carbocycles. The van der Waals surface area contributed by atoms with Gasteiger partial charge in [0.2, 0.25) is 5.91 Å². The van der Waals surface area contributed by atoms with Gasteiger partial charge in [-0.1, -0.05) is 72.8 Å².